The number of nitriles is 1. The molecule has 1 aromatic heterocycles. The SMILES string of the molecule is N#C/C(C(N)=O)=C1\NCCN1Cc1cnc(Cl)s1. The minimum atomic E-state index is -0.728. The number of hydrogen-bond acceptors (Lipinski definition) is 6. The summed E-state index contributed by atoms with van der Waals surface area (Å²) in [6.45, 7) is 1.91. The third-order valence-electron chi connectivity index (χ3n) is 2.46. The Morgan fingerprint density at radius 1 is 1.78 bits per heavy atom. The molecule has 94 valence electrons. The van der Waals surface area contributed by atoms with Gasteiger partial charge >= 0.3 is 0 Å². The summed E-state index contributed by atoms with van der Waals surface area (Å²) in [7, 11) is 0. The van der Waals surface area contributed by atoms with Gasteiger partial charge in [-0.15, -0.1) is 11.3 Å². The standard InChI is InChI=1S/C10H10ClN5OS/c11-10-15-4-6(18-10)5-16-2-1-14-9(16)7(3-12)8(13)17/h4,14H,1-2,5H2,(H2,13,17)/b9-7-. The zero-order valence-electron chi connectivity index (χ0n) is 9.31. The molecule has 1 saturated heterocycles. The second kappa shape index (κ2) is 5.25. The summed E-state index contributed by atoms with van der Waals surface area (Å²) in [5.74, 6) is -0.247. The molecule has 18 heavy (non-hydrogen) atoms. The normalized spacial score (nSPS) is 17.2. The van der Waals surface area contributed by atoms with Crippen LogP contribution in [0.15, 0.2) is 17.6 Å². The van der Waals surface area contributed by atoms with Crippen LogP contribution in [0.5, 0.6) is 0 Å². The fraction of sp³-hybridized carbons (Fsp3) is 0.300. The summed E-state index contributed by atoms with van der Waals surface area (Å²) >= 11 is 7.12. The fourth-order valence-corrected chi connectivity index (χ4v) is 2.70. The van der Waals surface area contributed by atoms with E-state index < -0.39 is 5.91 Å². The second-order valence-electron chi connectivity index (χ2n) is 3.63. The maximum atomic E-state index is 11.2. The van der Waals surface area contributed by atoms with Gasteiger partial charge in [-0.3, -0.25) is 4.79 Å². The highest BCUT2D eigenvalue weighted by molar-refractivity contribution is 7.15. The van der Waals surface area contributed by atoms with Gasteiger partial charge < -0.3 is 16.0 Å². The molecule has 6 nitrogen and oxygen atoms in total. The molecule has 0 spiro atoms. The summed E-state index contributed by atoms with van der Waals surface area (Å²) in [6.07, 6.45) is 1.68. The molecular weight excluding hydrogens is 274 g/mol. The lowest BCUT2D eigenvalue weighted by molar-refractivity contribution is -0.114. The van der Waals surface area contributed by atoms with Gasteiger partial charge in [0.15, 0.2) is 10.0 Å². The summed E-state index contributed by atoms with van der Waals surface area (Å²) < 4.78 is 0.470. The van der Waals surface area contributed by atoms with Crippen LogP contribution in [0.1, 0.15) is 4.88 Å². The Hall–Kier alpha value is -1.78. The minimum Gasteiger partial charge on any atom is -0.369 e. The predicted octanol–water partition coefficient (Wildman–Crippen LogP) is 0.422. The maximum absolute atomic E-state index is 11.2. The van der Waals surface area contributed by atoms with Crippen LogP contribution < -0.4 is 11.1 Å². The van der Waals surface area contributed by atoms with Crippen LogP contribution in [0.4, 0.5) is 0 Å². The van der Waals surface area contributed by atoms with E-state index in [1.807, 2.05) is 11.0 Å². The van der Waals surface area contributed by atoms with Crippen LogP contribution in [0, 0.1) is 11.3 Å². The Balaban J connectivity index is 2.23. The molecule has 1 aliphatic rings. The predicted molar refractivity (Wildman–Crippen MR) is 67.4 cm³/mol. The van der Waals surface area contributed by atoms with Crippen LogP contribution in [0.3, 0.4) is 0 Å². The van der Waals surface area contributed by atoms with Crippen molar-refractivity contribution in [1.29, 1.82) is 5.26 Å². The molecule has 1 amide bonds. The van der Waals surface area contributed by atoms with Gasteiger partial charge in [0.2, 0.25) is 0 Å². The number of aromatic nitrogens is 1. The van der Waals surface area contributed by atoms with E-state index in [1.54, 1.807) is 6.20 Å². The second-order valence-corrected chi connectivity index (χ2v) is 5.32. The van der Waals surface area contributed by atoms with E-state index >= 15 is 0 Å². The third kappa shape index (κ3) is 2.55. The van der Waals surface area contributed by atoms with Gasteiger partial charge in [-0.1, -0.05) is 11.6 Å². The number of nitrogens with two attached hydrogens (primary N) is 1. The fourth-order valence-electron chi connectivity index (χ4n) is 1.71. The molecule has 2 rings (SSSR count). The van der Waals surface area contributed by atoms with E-state index in [0.717, 1.165) is 4.88 Å². The molecule has 1 aliphatic heterocycles. The van der Waals surface area contributed by atoms with Crippen LogP contribution >= 0.6 is 22.9 Å². The Kier molecular flexibility index (Phi) is 3.69. The average molecular weight is 284 g/mol. The Labute approximate surface area is 113 Å². The van der Waals surface area contributed by atoms with Gasteiger partial charge in [-0.2, -0.15) is 5.26 Å². The Morgan fingerprint density at radius 3 is 3.11 bits per heavy atom. The highest BCUT2D eigenvalue weighted by atomic mass is 35.5. The van der Waals surface area contributed by atoms with Crippen molar-refractivity contribution in [1.82, 2.24) is 15.2 Å². The monoisotopic (exact) mass is 283 g/mol. The molecule has 3 N–H and O–H groups in total. The van der Waals surface area contributed by atoms with E-state index in [2.05, 4.69) is 10.3 Å². The van der Waals surface area contributed by atoms with Crippen molar-refractivity contribution in [3.8, 4) is 6.07 Å². The molecule has 0 atom stereocenters. The van der Waals surface area contributed by atoms with E-state index in [0.29, 0.717) is 29.9 Å². The number of thiazole rings is 1. The molecule has 0 saturated carbocycles. The molecule has 0 radical (unpaired) electrons. The molecule has 0 aromatic carbocycles. The first kappa shape index (κ1) is 12.7. The largest absolute Gasteiger partial charge is 0.369 e. The lowest BCUT2D eigenvalue weighted by Crippen LogP contribution is -2.26. The Morgan fingerprint density at radius 2 is 2.56 bits per heavy atom. The van der Waals surface area contributed by atoms with Crippen LogP contribution in [0.25, 0.3) is 0 Å². The van der Waals surface area contributed by atoms with Gasteiger partial charge in [-0.25, -0.2) is 4.98 Å². The minimum absolute atomic E-state index is 0.0527. The number of hydrogen-bond donors (Lipinski definition) is 2. The summed E-state index contributed by atoms with van der Waals surface area (Å²) in [5, 5.41) is 11.9. The zero-order chi connectivity index (χ0) is 13.1. The van der Waals surface area contributed by atoms with Crippen molar-refractivity contribution in [2.45, 2.75) is 6.54 Å². The topological polar surface area (TPSA) is 95.0 Å². The number of carbonyl (C=O) groups excluding carboxylic acids is 1. The van der Waals surface area contributed by atoms with Crippen molar-refractivity contribution in [2.75, 3.05) is 13.1 Å². The molecule has 0 aliphatic carbocycles. The molecular formula is C10H10ClN5OS. The highest BCUT2D eigenvalue weighted by Gasteiger charge is 2.23. The van der Waals surface area contributed by atoms with E-state index in [4.69, 9.17) is 22.6 Å². The molecule has 8 heteroatoms. The summed E-state index contributed by atoms with van der Waals surface area (Å²) in [4.78, 5) is 18.0. The van der Waals surface area contributed by atoms with Gasteiger partial charge in [-0.05, 0) is 0 Å². The number of halogens is 1. The first-order valence-electron chi connectivity index (χ1n) is 5.15. The number of primary amides is 1. The molecule has 0 unspecified atom stereocenters. The van der Waals surface area contributed by atoms with Crippen molar-refractivity contribution >= 4 is 28.8 Å². The smallest absolute Gasteiger partial charge is 0.263 e. The van der Waals surface area contributed by atoms with Crippen molar-refractivity contribution < 1.29 is 4.79 Å². The van der Waals surface area contributed by atoms with Gasteiger partial charge in [0.1, 0.15) is 11.9 Å². The molecule has 0 bridgehead atoms. The van der Waals surface area contributed by atoms with Gasteiger partial charge in [0.25, 0.3) is 5.91 Å². The summed E-state index contributed by atoms with van der Waals surface area (Å²) in [5.41, 5.74) is 5.12. The Bertz CT molecular complexity index is 547. The van der Waals surface area contributed by atoms with Crippen LogP contribution in [-0.2, 0) is 11.3 Å². The van der Waals surface area contributed by atoms with Crippen molar-refractivity contribution in [2.24, 2.45) is 5.73 Å². The molecule has 1 aromatic rings. The van der Waals surface area contributed by atoms with Crippen LogP contribution in [-0.4, -0.2) is 28.9 Å². The molecule has 1 fully saturated rings. The van der Waals surface area contributed by atoms with Gasteiger partial charge in [0, 0.05) is 24.2 Å². The lowest BCUT2D eigenvalue weighted by Gasteiger charge is -2.18. The number of amides is 1. The first-order valence-corrected chi connectivity index (χ1v) is 6.34. The number of rotatable bonds is 3. The average Bonchev–Trinajstić information content (AvgIpc) is 2.90. The van der Waals surface area contributed by atoms with E-state index in [-0.39, 0.29) is 5.57 Å². The third-order valence-corrected chi connectivity index (χ3v) is 3.56. The quantitative estimate of drug-likeness (QED) is 0.619. The first-order chi connectivity index (χ1) is 8.61. The van der Waals surface area contributed by atoms with E-state index in [1.165, 1.54) is 11.3 Å². The van der Waals surface area contributed by atoms with Crippen molar-refractivity contribution in [3.63, 3.8) is 0 Å². The lowest BCUT2D eigenvalue weighted by atomic mass is 10.2. The maximum Gasteiger partial charge on any atom is 0.263 e. The number of carbonyl (C=O) groups is 1. The zero-order valence-corrected chi connectivity index (χ0v) is 10.9. The van der Waals surface area contributed by atoms with Gasteiger partial charge in [0.05, 0.1) is 6.54 Å². The van der Waals surface area contributed by atoms with E-state index in [9.17, 15) is 4.79 Å². The highest BCUT2D eigenvalue weighted by Crippen LogP contribution is 2.22. The van der Waals surface area contributed by atoms with Crippen LogP contribution in [0.2, 0.25) is 4.47 Å². The number of nitrogens with zero attached hydrogens (tertiary/aromatic N) is 3. The van der Waals surface area contributed by atoms with Crippen molar-refractivity contribution in [3.05, 3.63) is 26.9 Å². The number of nitrogens with one attached hydrogen (secondary N) is 1. The molecule has 2 heterocycles. The summed E-state index contributed by atoms with van der Waals surface area (Å²) in [6, 6.07) is 1.83.